The Morgan fingerprint density at radius 2 is 2.06 bits per heavy atom. The van der Waals surface area contributed by atoms with Gasteiger partial charge < -0.3 is 10.0 Å². The molecule has 2 nitrogen and oxygen atoms in total. The van der Waals surface area contributed by atoms with Gasteiger partial charge in [-0.15, -0.1) is 0 Å². The summed E-state index contributed by atoms with van der Waals surface area (Å²) in [4.78, 5) is 2.02. The number of rotatable bonds is 8. The highest BCUT2D eigenvalue weighted by molar-refractivity contribution is 5.22. The second kappa shape index (κ2) is 8.98. The van der Waals surface area contributed by atoms with E-state index in [-0.39, 0.29) is 6.61 Å². The highest BCUT2D eigenvalue weighted by Gasteiger charge is 2.08. The van der Waals surface area contributed by atoms with Crippen LogP contribution < -0.4 is 0 Å². The predicted molar refractivity (Wildman–Crippen MR) is 70.9 cm³/mol. The van der Waals surface area contributed by atoms with E-state index in [1.807, 2.05) is 17.1 Å². The van der Waals surface area contributed by atoms with Crippen molar-refractivity contribution in [2.24, 2.45) is 0 Å². The summed E-state index contributed by atoms with van der Waals surface area (Å²) in [5, 5.41) is 9.06. The van der Waals surface area contributed by atoms with Crippen LogP contribution in [0.3, 0.4) is 0 Å². The lowest BCUT2D eigenvalue weighted by Gasteiger charge is -2.26. The zero-order chi connectivity index (χ0) is 12.4. The van der Waals surface area contributed by atoms with Crippen LogP contribution in [0.2, 0.25) is 0 Å². The second-order valence-corrected chi connectivity index (χ2v) is 3.42. The zero-order valence-corrected chi connectivity index (χ0v) is 10.4. The van der Waals surface area contributed by atoms with Crippen molar-refractivity contribution < 1.29 is 5.11 Å². The molecule has 0 amide bonds. The third-order valence-corrected chi connectivity index (χ3v) is 2.24. The van der Waals surface area contributed by atoms with Gasteiger partial charge in [0, 0.05) is 17.9 Å². The molecule has 0 aromatic carbocycles. The molecule has 90 valence electrons. The van der Waals surface area contributed by atoms with Crippen LogP contribution in [0.4, 0.5) is 0 Å². The monoisotopic (exact) mass is 221 g/mol. The molecule has 0 aliphatic rings. The molecular weight excluding hydrogens is 198 g/mol. The fraction of sp³-hybridized carbons (Fsp3) is 0.429. The maximum Gasteiger partial charge on any atom is 0.0610 e. The van der Waals surface area contributed by atoms with Crippen molar-refractivity contribution in [3.8, 4) is 0 Å². The molecule has 0 atom stereocenters. The van der Waals surface area contributed by atoms with Gasteiger partial charge in [0.05, 0.1) is 6.61 Å². The third-order valence-electron chi connectivity index (χ3n) is 2.24. The Bertz CT molecular complexity index is 276. The Hall–Kier alpha value is -1.28. The molecule has 0 aliphatic carbocycles. The van der Waals surface area contributed by atoms with E-state index in [1.165, 1.54) is 0 Å². The molecule has 0 saturated heterocycles. The lowest BCUT2D eigenvalue weighted by atomic mass is 10.2. The lowest BCUT2D eigenvalue weighted by Crippen LogP contribution is -2.24. The number of aliphatic hydroxyl groups excluding tert-OH is 1. The summed E-state index contributed by atoms with van der Waals surface area (Å²) < 4.78 is 0. The van der Waals surface area contributed by atoms with Gasteiger partial charge >= 0.3 is 0 Å². The van der Waals surface area contributed by atoms with Crippen molar-refractivity contribution >= 4 is 0 Å². The second-order valence-electron chi connectivity index (χ2n) is 3.42. The van der Waals surface area contributed by atoms with E-state index in [1.54, 1.807) is 6.08 Å². The summed E-state index contributed by atoms with van der Waals surface area (Å²) in [6.07, 6.45) is 9.65. The molecule has 0 aromatic heterocycles. The first-order valence-corrected chi connectivity index (χ1v) is 5.76. The van der Waals surface area contributed by atoms with E-state index in [9.17, 15) is 0 Å². The first kappa shape index (κ1) is 14.7. The highest BCUT2D eigenvalue weighted by atomic mass is 16.3. The molecule has 0 rings (SSSR count). The number of aliphatic hydroxyl groups is 1. The van der Waals surface area contributed by atoms with E-state index in [0.29, 0.717) is 6.54 Å². The molecule has 0 heterocycles. The van der Waals surface area contributed by atoms with Crippen LogP contribution in [0.15, 0.2) is 48.9 Å². The van der Waals surface area contributed by atoms with Crippen molar-refractivity contribution in [3.63, 3.8) is 0 Å². The molecule has 0 bridgehead atoms. The Labute approximate surface area is 99.3 Å². The fourth-order valence-electron chi connectivity index (χ4n) is 1.45. The normalized spacial score (nSPS) is 11.8. The highest BCUT2D eigenvalue weighted by Crippen LogP contribution is 2.15. The number of hydrogen-bond donors (Lipinski definition) is 1. The minimum absolute atomic E-state index is 0.119. The molecular formula is C14H23NO. The number of allylic oxidation sites excluding steroid dienone is 5. The van der Waals surface area contributed by atoms with Crippen molar-refractivity contribution in [1.29, 1.82) is 0 Å². The van der Waals surface area contributed by atoms with E-state index in [4.69, 9.17) is 5.11 Å². The molecule has 0 spiro atoms. The van der Waals surface area contributed by atoms with Crippen LogP contribution in [-0.4, -0.2) is 23.2 Å². The standard InChI is InChI=1S/C14H23NO/c1-5-8-10-13(4)15(11-12-16)14(7-3)9-6-2/h6,8-10,16H,2,4-5,7,11-12H2,1,3H3/b10-8-,14-9+. The average molecular weight is 221 g/mol. The topological polar surface area (TPSA) is 23.5 Å². The van der Waals surface area contributed by atoms with Gasteiger partial charge in [-0.05, 0) is 25.0 Å². The SMILES string of the molecule is C=C/C=C(\CC)N(CCO)C(=C)/C=C\CC. The largest absolute Gasteiger partial charge is 0.395 e. The van der Waals surface area contributed by atoms with Gasteiger partial charge in [0.2, 0.25) is 0 Å². The van der Waals surface area contributed by atoms with Crippen molar-refractivity contribution in [2.75, 3.05) is 13.2 Å². The minimum atomic E-state index is 0.119. The van der Waals surface area contributed by atoms with Crippen LogP contribution in [0.25, 0.3) is 0 Å². The Morgan fingerprint density at radius 3 is 2.50 bits per heavy atom. The molecule has 0 aliphatic heterocycles. The summed E-state index contributed by atoms with van der Waals surface area (Å²) in [6.45, 7) is 12.6. The maximum atomic E-state index is 9.06. The van der Waals surface area contributed by atoms with Gasteiger partial charge in [-0.3, -0.25) is 0 Å². The molecule has 2 heteroatoms. The Balaban J connectivity index is 4.82. The molecule has 16 heavy (non-hydrogen) atoms. The predicted octanol–water partition coefficient (Wildman–Crippen LogP) is 3.24. The van der Waals surface area contributed by atoms with E-state index < -0.39 is 0 Å². The number of hydrogen-bond acceptors (Lipinski definition) is 2. The number of nitrogens with zero attached hydrogens (tertiary/aromatic N) is 1. The van der Waals surface area contributed by atoms with E-state index in [2.05, 4.69) is 33.1 Å². The average Bonchev–Trinajstić information content (AvgIpc) is 2.30. The lowest BCUT2D eigenvalue weighted by molar-refractivity contribution is 0.250. The molecule has 0 saturated carbocycles. The van der Waals surface area contributed by atoms with Crippen LogP contribution in [0.1, 0.15) is 26.7 Å². The summed E-state index contributed by atoms with van der Waals surface area (Å²) in [6, 6.07) is 0. The molecule has 0 radical (unpaired) electrons. The van der Waals surface area contributed by atoms with Gasteiger partial charge in [-0.25, -0.2) is 0 Å². The maximum absolute atomic E-state index is 9.06. The van der Waals surface area contributed by atoms with Crippen molar-refractivity contribution in [3.05, 3.63) is 48.9 Å². The quantitative estimate of drug-likeness (QED) is 0.636. The van der Waals surface area contributed by atoms with Gasteiger partial charge in [0.25, 0.3) is 0 Å². The first-order chi connectivity index (χ1) is 7.71. The summed E-state index contributed by atoms with van der Waals surface area (Å²) in [5.41, 5.74) is 2.03. The van der Waals surface area contributed by atoms with Gasteiger partial charge in [-0.1, -0.05) is 39.2 Å². The van der Waals surface area contributed by atoms with E-state index in [0.717, 1.165) is 24.2 Å². The zero-order valence-electron chi connectivity index (χ0n) is 10.4. The molecule has 0 aromatic rings. The molecule has 1 N–H and O–H groups in total. The molecule has 0 unspecified atom stereocenters. The van der Waals surface area contributed by atoms with Crippen molar-refractivity contribution in [1.82, 2.24) is 4.90 Å². The van der Waals surface area contributed by atoms with Crippen molar-refractivity contribution in [2.45, 2.75) is 26.7 Å². The Morgan fingerprint density at radius 1 is 1.38 bits per heavy atom. The molecule has 0 fully saturated rings. The van der Waals surface area contributed by atoms with Crippen LogP contribution in [0, 0.1) is 0 Å². The summed E-state index contributed by atoms with van der Waals surface area (Å²) >= 11 is 0. The van der Waals surface area contributed by atoms with Gasteiger partial charge in [0.1, 0.15) is 0 Å². The third kappa shape index (κ3) is 4.99. The fourth-order valence-corrected chi connectivity index (χ4v) is 1.45. The minimum Gasteiger partial charge on any atom is -0.395 e. The first-order valence-electron chi connectivity index (χ1n) is 5.76. The smallest absolute Gasteiger partial charge is 0.0610 e. The van der Waals surface area contributed by atoms with E-state index >= 15 is 0 Å². The Kier molecular flexibility index (Phi) is 8.26. The van der Waals surface area contributed by atoms with Crippen LogP contribution in [-0.2, 0) is 0 Å². The summed E-state index contributed by atoms with van der Waals surface area (Å²) in [5.74, 6) is 0. The summed E-state index contributed by atoms with van der Waals surface area (Å²) in [7, 11) is 0. The van der Waals surface area contributed by atoms with Gasteiger partial charge in [-0.2, -0.15) is 0 Å². The van der Waals surface area contributed by atoms with Crippen LogP contribution >= 0.6 is 0 Å². The van der Waals surface area contributed by atoms with Gasteiger partial charge in [0.15, 0.2) is 0 Å². The van der Waals surface area contributed by atoms with Crippen LogP contribution in [0.5, 0.6) is 0 Å².